The molecule has 0 bridgehead atoms. The summed E-state index contributed by atoms with van der Waals surface area (Å²) in [5.74, 6) is -0.263. The van der Waals surface area contributed by atoms with E-state index in [0.29, 0.717) is 11.1 Å². The highest BCUT2D eigenvalue weighted by Gasteiger charge is 2.06. The van der Waals surface area contributed by atoms with Gasteiger partial charge in [0.15, 0.2) is 0 Å². The van der Waals surface area contributed by atoms with E-state index < -0.39 is 0 Å². The molecule has 1 aromatic carbocycles. The first-order chi connectivity index (χ1) is 6.58. The van der Waals surface area contributed by atoms with E-state index in [1.165, 1.54) is 6.07 Å². The molecule has 0 aliphatic carbocycles. The van der Waals surface area contributed by atoms with Gasteiger partial charge in [-0.15, -0.1) is 0 Å². The van der Waals surface area contributed by atoms with Crippen LogP contribution in [0.2, 0.25) is 0 Å². The highest BCUT2D eigenvalue weighted by Crippen LogP contribution is 2.26. The van der Waals surface area contributed by atoms with Gasteiger partial charge in [-0.1, -0.05) is 0 Å². The Balaban J connectivity index is 3.02. The van der Waals surface area contributed by atoms with Crippen LogP contribution in [0.1, 0.15) is 5.69 Å². The summed E-state index contributed by atoms with van der Waals surface area (Å²) in [6, 6.07) is 4.28. The SMILES string of the molecule is Cc1cc2cc(O)cc(O)c2c(=O)[nH]1. The summed E-state index contributed by atoms with van der Waals surface area (Å²) >= 11 is 0. The van der Waals surface area contributed by atoms with Gasteiger partial charge in [0.25, 0.3) is 5.56 Å². The number of hydrogen-bond acceptors (Lipinski definition) is 3. The van der Waals surface area contributed by atoms with Gasteiger partial charge in [-0.2, -0.15) is 0 Å². The number of aromatic amines is 1. The van der Waals surface area contributed by atoms with E-state index in [4.69, 9.17) is 0 Å². The quantitative estimate of drug-likeness (QED) is 0.586. The molecule has 1 aromatic heterocycles. The molecule has 0 spiro atoms. The maximum Gasteiger partial charge on any atom is 0.259 e. The van der Waals surface area contributed by atoms with Gasteiger partial charge < -0.3 is 15.2 Å². The van der Waals surface area contributed by atoms with Gasteiger partial charge in [-0.25, -0.2) is 0 Å². The summed E-state index contributed by atoms with van der Waals surface area (Å²) in [7, 11) is 0. The van der Waals surface area contributed by atoms with Gasteiger partial charge in [0.05, 0.1) is 5.39 Å². The van der Waals surface area contributed by atoms with Crippen molar-refractivity contribution in [1.29, 1.82) is 0 Å². The van der Waals surface area contributed by atoms with Crippen LogP contribution in [0.15, 0.2) is 23.0 Å². The number of pyridine rings is 1. The molecule has 2 rings (SSSR count). The second-order valence-electron chi connectivity index (χ2n) is 3.21. The summed E-state index contributed by atoms with van der Waals surface area (Å²) < 4.78 is 0. The second kappa shape index (κ2) is 2.77. The lowest BCUT2D eigenvalue weighted by atomic mass is 10.1. The lowest BCUT2D eigenvalue weighted by Gasteiger charge is -2.02. The number of nitrogens with one attached hydrogen (secondary N) is 1. The van der Waals surface area contributed by atoms with Gasteiger partial charge in [0.2, 0.25) is 0 Å². The predicted octanol–water partition coefficient (Wildman–Crippen LogP) is 1.25. The molecular weight excluding hydrogens is 182 g/mol. The zero-order valence-corrected chi connectivity index (χ0v) is 7.53. The Hall–Kier alpha value is -1.97. The Kier molecular flexibility index (Phi) is 1.70. The molecule has 0 amide bonds. The van der Waals surface area contributed by atoms with Gasteiger partial charge >= 0.3 is 0 Å². The first-order valence-corrected chi connectivity index (χ1v) is 4.13. The molecule has 3 N–H and O–H groups in total. The third kappa shape index (κ3) is 1.21. The number of aromatic hydroxyl groups is 2. The number of phenolic OH excluding ortho intramolecular Hbond substituents is 2. The van der Waals surface area contributed by atoms with E-state index in [0.717, 1.165) is 6.07 Å². The minimum absolute atomic E-state index is 0.0556. The van der Waals surface area contributed by atoms with E-state index in [1.807, 2.05) is 0 Å². The highest BCUT2D eigenvalue weighted by atomic mass is 16.3. The van der Waals surface area contributed by atoms with Crippen LogP contribution in [0.25, 0.3) is 10.8 Å². The molecule has 0 unspecified atom stereocenters. The van der Waals surface area contributed by atoms with Crippen LogP contribution in [0.4, 0.5) is 0 Å². The molecule has 4 nitrogen and oxygen atoms in total. The van der Waals surface area contributed by atoms with Gasteiger partial charge in [-0.3, -0.25) is 4.79 Å². The van der Waals surface area contributed by atoms with E-state index >= 15 is 0 Å². The van der Waals surface area contributed by atoms with Crippen LogP contribution < -0.4 is 5.56 Å². The zero-order chi connectivity index (χ0) is 10.3. The molecule has 72 valence electrons. The van der Waals surface area contributed by atoms with Crippen LogP contribution in [-0.4, -0.2) is 15.2 Å². The van der Waals surface area contributed by atoms with Crippen LogP contribution in [0.5, 0.6) is 11.5 Å². The van der Waals surface area contributed by atoms with E-state index in [2.05, 4.69) is 4.98 Å². The first kappa shape index (κ1) is 8.62. The molecule has 0 atom stereocenters. The smallest absolute Gasteiger partial charge is 0.259 e. The molecule has 0 aliphatic heterocycles. The Morgan fingerprint density at radius 1 is 1.21 bits per heavy atom. The number of H-pyrrole nitrogens is 1. The number of hydrogen-bond donors (Lipinski definition) is 3. The van der Waals surface area contributed by atoms with Crippen LogP contribution >= 0.6 is 0 Å². The molecule has 0 fully saturated rings. The van der Waals surface area contributed by atoms with Gasteiger partial charge in [-0.05, 0) is 24.4 Å². The fourth-order valence-electron chi connectivity index (χ4n) is 1.51. The Labute approximate surface area is 79.4 Å². The summed E-state index contributed by atoms with van der Waals surface area (Å²) in [5, 5.41) is 19.4. The minimum atomic E-state index is -0.350. The van der Waals surface area contributed by atoms with Crippen molar-refractivity contribution in [3.63, 3.8) is 0 Å². The van der Waals surface area contributed by atoms with Crippen LogP contribution in [-0.2, 0) is 0 Å². The minimum Gasteiger partial charge on any atom is -0.508 e. The van der Waals surface area contributed by atoms with Crippen LogP contribution in [0.3, 0.4) is 0 Å². The first-order valence-electron chi connectivity index (χ1n) is 4.13. The van der Waals surface area contributed by atoms with Gasteiger partial charge in [0, 0.05) is 11.8 Å². The van der Waals surface area contributed by atoms with Crippen molar-refractivity contribution in [1.82, 2.24) is 4.98 Å². The average molecular weight is 191 g/mol. The standard InChI is InChI=1S/C10H9NO3/c1-5-2-6-3-7(12)4-8(13)9(6)10(14)11-5/h2-4,12-13H,1H3,(H,11,14). The summed E-state index contributed by atoms with van der Waals surface area (Å²) in [5.41, 5.74) is 0.338. The van der Waals surface area contributed by atoms with Crippen LogP contribution in [0, 0.1) is 6.92 Å². The summed E-state index contributed by atoms with van der Waals surface area (Å²) in [6.07, 6.45) is 0. The number of fused-ring (bicyclic) bond motifs is 1. The maximum atomic E-state index is 11.4. The topological polar surface area (TPSA) is 73.3 Å². The highest BCUT2D eigenvalue weighted by molar-refractivity contribution is 5.88. The van der Waals surface area contributed by atoms with E-state index in [9.17, 15) is 15.0 Å². The molecule has 4 heteroatoms. The Bertz CT molecular complexity index is 552. The largest absolute Gasteiger partial charge is 0.508 e. The summed E-state index contributed by atoms with van der Waals surface area (Å²) in [6.45, 7) is 1.74. The lowest BCUT2D eigenvalue weighted by molar-refractivity contribution is 0.455. The fourth-order valence-corrected chi connectivity index (χ4v) is 1.51. The number of aryl methyl sites for hydroxylation is 1. The molecular formula is C10H9NO3. The number of aromatic nitrogens is 1. The molecule has 0 saturated carbocycles. The molecule has 2 aromatic rings. The lowest BCUT2D eigenvalue weighted by Crippen LogP contribution is -2.07. The fraction of sp³-hybridized carbons (Fsp3) is 0.100. The summed E-state index contributed by atoms with van der Waals surface area (Å²) in [4.78, 5) is 14.0. The van der Waals surface area contributed by atoms with Gasteiger partial charge in [0.1, 0.15) is 11.5 Å². The Morgan fingerprint density at radius 2 is 1.93 bits per heavy atom. The molecule has 0 aliphatic rings. The Morgan fingerprint density at radius 3 is 2.64 bits per heavy atom. The van der Waals surface area contributed by atoms with E-state index in [-0.39, 0.29) is 22.4 Å². The average Bonchev–Trinajstić information content (AvgIpc) is 1.99. The van der Waals surface area contributed by atoms with Crippen molar-refractivity contribution in [2.75, 3.05) is 0 Å². The number of phenols is 2. The molecule has 1 heterocycles. The van der Waals surface area contributed by atoms with Crippen molar-refractivity contribution in [2.24, 2.45) is 0 Å². The van der Waals surface area contributed by atoms with Crippen molar-refractivity contribution < 1.29 is 10.2 Å². The predicted molar refractivity (Wildman–Crippen MR) is 52.6 cm³/mol. The molecule has 0 radical (unpaired) electrons. The second-order valence-corrected chi connectivity index (χ2v) is 3.21. The monoisotopic (exact) mass is 191 g/mol. The zero-order valence-electron chi connectivity index (χ0n) is 7.53. The normalized spacial score (nSPS) is 10.6. The van der Waals surface area contributed by atoms with Crippen molar-refractivity contribution in [3.05, 3.63) is 34.2 Å². The number of rotatable bonds is 0. The van der Waals surface area contributed by atoms with Crippen molar-refractivity contribution in [2.45, 2.75) is 6.92 Å². The maximum absolute atomic E-state index is 11.4. The number of benzene rings is 1. The van der Waals surface area contributed by atoms with Crippen molar-refractivity contribution in [3.8, 4) is 11.5 Å². The van der Waals surface area contributed by atoms with Crippen molar-refractivity contribution >= 4 is 10.8 Å². The molecule has 0 saturated heterocycles. The molecule has 14 heavy (non-hydrogen) atoms. The van der Waals surface area contributed by atoms with E-state index in [1.54, 1.807) is 13.0 Å². The third-order valence-corrected chi connectivity index (χ3v) is 2.04. The third-order valence-electron chi connectivity index (χ3n) is 2.04.